The molecule has 0 unspecified atom stereocenters. The largest absolute Gasteiger partial charge is 0.341 e. The standard InChI is InChI=1S/C13H15IN2O2/c1-13(2)12(18)16(8-11(17)15-13)7-9-3-5-10(14)6-4-9/h3-6H,7-8H2,1-2H3,(H,15,17). The van der Waals surface area contributed by atoms with E-state index in [1.54, 1.807) is 18.7 Å². The smallest absolute Gasteiger partial charge is 0.248 e. The molecule has 1 aromatic rings. The van der Waals surface area contributed by atoms with E-state index in [2.05, 4.69) is 27.9 Å². The predicted molar refractivity (Wildman–Crippen MR) is 76.8 cm³/mol. The fourth-order valence-electron chi connectivity index (χ4n) is 2.02. The van der Waals surface area contributed by atoms with Crippen molar-refractivity contribution < 1.29 is 9.59 Å². The van der Waals surface area contributed by atoms with Crippen LogP contribution in [0.2, 0.25) is 0 Å². The Morgan fingerprint density at radius 3 is 2.50 bits per heavy atom. The van der Waals surface area contributed by atoms with Crippen LogP contribution in [0.3, 0.4) is 0 Å². The second-order valence-corrected chi connectivity index (χ2v) is 6.21. The Balaban J connectivity index is 2.15. The summed E-state index contributed by atoms with van der Waals surface area (Å²) in [5.74, 6) is -0.147. The van der Waals surface area contributed by atoms with Crippen LogP contribution in [0.25, 0.3) is 0 Å². The van der Waals surface area contributed by atoms with Crippen LogP contribution in [-0.4, -0.2) is 28.8 Å². The Kier molecular flexibility index (Phi) is 3.61. The number of hydrogen-bond acceptors (Lipinski definition) is 2. The number of benzene rings is 1. The molecule has 0 spiro atoms. The van der Waals surface area contributed by atoms with Crippen molar-refractivity contribution in [3.63, 3.8) is 0 Å². The molecule has 96 valence electrons. The molecule has 5 heteroatoms. The zero-order valence-electron chi connectivity index (χ0n) is 10.4. The van der Waals surface area contributed by atoms with Gasteiger partial charge in [-0.3, -0.25) is 9.59 Å². The molecule has 0 aliphatic carbocycles. The molecule has 0 radical (unpaired) electrons. The number of amides is 2. The van der Waals surface area contributed by atoms with Gasteiger partial charge in [-0.2, -0.15) is 0 Å². The highest BCUT2D eigenvalue weighted by molar-refractivity contribution is 14.1. The Bertz CT molecular complexity index is 482. The van der Waals surface area contributed by atoms with Crippen molar-refractivity contribution in [2.45, 2.75) is 25.9 Å². The first kappa shape index (κ1) is 13.3. The minimum Gasteiger partial charge on any atom is -0.341 e. The summed E-state index contributed by atoms with van der Waals surface area (Å²) in [6.07, 6.45) is 0. The van der Waals surface area contributed by atoms with Crippen molar-refractivity contribution in [3.05, 3.63) is 33.4 Å². The zero-order chi connectivity index (χ0) is 13.3. The minimum absolute atomic E-state index is 0.0411. The van der Waals surface area contributed by atoms with E-state index in [1.807, 2.05) is 24.3 Å². The third kappa shape index (κ3) is 2.82. The predicted octanol–water partition coefficient (Wildman–Crippen LogP) is 1.53. The lowest BCUT2D eigenvalue weighted by atomic mass is 10.00. The molecule has 1 saturated heterocycles. The number of rotatable bonds is 2. The van der Waals surface area contributed by atoms with Crippen LogP contribution in [-0.2, 0) is 16.1 Å². The molecule has 2 rings (SSSR count). The lowest BCUT2D eigenvalue weighted by Gasteiger charge is -2.37. The number of piperazine rings is 1. The summed E-state index contributed by atoms with van der Waals surface area (Å²) in [4.78, 5) is 25.3. The van der Waals surface area contributed by atoms with Crippen LogP contribution >= 0.6 is 22.6 Å². The molecule has 1 heterocycles. The van der Waals surface area contributed by atoms with Crippen LogP contribution in [0.4, 0.5) is 0 Å². The monoisotopic (exact) mass is 358 g/mol. The van der Waals surface area contributed by atoms with Gasteiger partial charge in [-0.25, -0.2) is 0 Å². The average Bonchev–Trinajstić information content (AvgIpc) is 2.28. The highest BCUT2D eigenvalue weighted by Crippen LogP contribution is 2.16. The molecule has 0 saturated carbocycles. The van der Waals surface area contributed by atoms with Gasteiger partial charge in [0.15, 0.2) is 0 Å². The van der Waals surface area contributed by atoms with Gasteiger partial charge < -0.3 is 10.2 Å². The number of halogens is 1. The van der Waals surface area contributed by atoms with E-state index in [4.69, 9.17) is 0 Å². The molecule has 0 atom stereocenters. The highest BCUT2D eigenvalue weighted by Gasteiger charge is 2.38. The lowest BCUT2D eigenvalue weighted by molar-refractivity contribution is -0.148. The van der Waals surface area contributed by atoms with Gasteiger partial charge >= 0.3 is 0 Å². The SMILES string of the molecule is CC1(C)NC(=O)CN(Cc2ccc(I)cc2)C1=O. The average molecular weight is 358 g/mol. The maximum Gasteiger partial charge on any atom is 0.248 e. The number of nitrogens with zero attached hydrogens (tertiary/aromatic N) is 1. The minimum atomic E-state index is -0.807. The van der Waals surface area contributed by atoms with Gasteiger partial charge in [0, 0.05) is 10.1 Å². The maximum atomic E-state index is 12.2. The molecule has 1 aliphatic heterocycles. The normalized spacial score (nSPS) is 18.7. The van der Waals surface area contributed by atoms with Crippen LogP contribution in [0.5, 0.6) is 0 Å². The molecular formula is C13H15IN2O2. The Morgan fingerprint density at radius 2 is 1.89 bits per heavy atom. The highest BCUT2D eigenvalue weighted by atomic mass is 127. The lowest BCUT2D eigenvalue weighted by Crippen LogP contribution is -2.63. The van der Waals surface area contributed by atoms with Crippen LogP contribution < -0.4 is 5.32 Å². The summed E-state index contributed by atoms with van der Waals surface area (Å²) in [5, 5.41) is 2.70. The third-order valence-electron chi connectivity index (χ3n) is 2.89. The van der Waals surface area contributed by atoms with Crippen molar-refractivity contribution >= 4 is 34.4 Å². The fourth-order valence-corrected chi connectivity index (χ4v) is 2.38. The number of carbonyl (C=O) groups excluding carboxylic acids is 2. The summed E-state index contributed by atoms with van der Waals surface area (Å²) in [6, 6.07) is 7.95. The van der Waals surface area contributed by atoms with Gasteiger partial charge in [0.25, 0.3) is 0 Å². The van der Waals surface area contributed by atoms with Crippen molar-refractivity contribution in [1.82, 2.24) is 10.2 Å². The Hall–Kier alpha value is -1.11. The molecule has 0 aromatic heterocycles. The van der Waals surface area contributed by atoms with E-state index >= 15 is 0 Å². The topological polar surface area (TPSA) is 49.4 Å². The quantitative estimate of drug-likeness (QED) is 0.816. The number of carbonyl (C=O) groups is 2. The number of hydrogen-bond donors (Lipinski definition) is 1. The molecule has 1 aliphatic rings. The molecule has 1 N–H and O–H groups in total. The van der Waals surface area contributed by atoms with Gasteiger partial charge in [-0.05, 0) is 54.1 Å². The van der Waals surface area contributed by atoms with Crippen molar-refractivity contribution in [2.24, 2.45) is 0 Å². The van der Waals surface area contributed by atoms with E-state index in [0.29, 0.717) is 6.54 Å². The van der Waals surface area contributed by atoms with Gasteiger partial charge in [-0.1, -0.05) is 12.1 Å². The van der Waals surface area contributed by atoms with Gasteiger partial charge in [0.2, 0.25) is 11.8 Å². The second-order valence-electron chi connectivity index (χ2n) is 4.96. The summed E-state index contributed by atoms with van der Waals surface area (Å²) in [5.41, 5.74) is 0.229. The summed E-state index contributed by atoms with van der Waals surface area (Å²) in [6.45, 7) is 4.07. The molecule has 1 fully saturated rings. The van der Waals surface area contributed by atoms with Gasteiger partial charge in [0.1, 0.15) is 5.54 Å². The Morgan fingerprint density at radius 1 is 1.28 bits per heavy atom. The maximum absolute atomic E-state index is 12.2. The van der Waals surface area contributed by atoms with Gasteiger partial charge in [-0.15, -0.1) is 0 Å². The van der Waals surface area contributed by atoms with Crippen molar-refractivity contribution in [1.29, 1.82) is 0 Å². The first-order chi connectivity index (χ1) is 8.38. The molecule has 4 nitrogen and oxygen atoms in total. The van der Waals surface area contributed by atoms with Crippen molar-refractivity contribution in [3.8, 4) is 0 Å². The van der Waals surface area contributed by atoms with E-state index < -0.39 is 5.54 Å². The van der Waals surface area contributed by atoms with Gasteiger partial charge in [0.05, 0.1) is 6.54 Å². The fraction of sp³-hybridized carbons (Fsp3) is 0.385. The Labute approximate surface area is 120 Å². The van der Waals surface area contributed by atoms with E-state index in [0.717, 1.165) is 9.13 Å². The van der Waals surface area contributed by atoms with Crippen LogP contribution in [0.15, 0.2) is 24.3 Å². The molecular weight excluding hydrogens is 343 g/mol. The van der Waals surface area contributed by atoms with E-state index in [9.17, 15) is 9.59 Å². The van der Waals surface area contributed by atoms with E-state index in [1.165, 1.54) is 0 Å². The van der Waals surface area contributed by atoms with Crippen LogP contribution in [0.1, 0.15) is 19.4 Å². The molecule has 18 heavy (non-hydrogen) atoms. The van der Waals surface area contributed by atoms with E-state index in [-0.39, 0.29) is 18.4 Å². The first-order valence-corrected chi connectivity index (χ1v) is 6.81. The molecule has 1 aromatic carbocycles. The first-order valence-electron chi connectivity index (χ1n) is 5.73. The summed E-state index contributed by atoms with van der Waals surface area (Å²) >= 11 is 2.24. The second kappa shape index (κ2) is 4.87. The van der Waals surface area contributed by atoms with Crippen molar-refractivity contribution in [2.75, 3.05) is 6.54 Å². The summed E-state index contributed by atoms with van der Waals surface area (Å²) < 4.78 is 1.15. The number of nitrogens with one attached hydrogen (secondary N) is 1. The third-order valence-corrected chi connectivity index (χ3v) is 3.61. The summed E-state index contributed by atoms with van der Waals surface area (Å²) in [7, 11) is 0. The van der Waals surface area contributed by atoms with Crippen LogP contribution in [0, 0.1) is 3.57 Å². The molecule has 2 amide bonds. The zero-order valence-corrected chi connectivity index (χ0v) is 12.5. The molecule has 0 bridgehead atoms.